The van der Waals surface area contributed by atoms with E-state index in [-0.39, 0.29) is 5.82 Å². The maximum atomic E-state index is 13.7. The summed E-state index contributed by atoms with van der Waals surface area (Å²) in [6.07, 6.45) is 1.95. The third-order valence-corrected chi connectivity index (χ3v) is 3.62. The molecule has 2 aromatic carbocycles. The predicted molar refractivity (Wildman–Crippen MR) is 83.8 cm³/mol. The lowest BCUT2D eigenvalue weighted by atomic mass is 10.1. The molecule has 0 spiro atoms. The first-order valence-electron chi connectivity index (χ1n) is 5.62. The minimum absolute atomic E-state index is 0.295. The van der Waals surface area contributed by atoms with Crippen LogP contribution in [0.25, 0.3) is 0 Å². The second-order valence-corrected chi connectivity index (χ2v) is 5.14. The molecule has 0 saturated carbocycles. The van der Waals surface area contributed by atoms with Crippen LogP contribution in [-0.2, 0) is 0 Å². The highest BCUT2D eigenvalue weighted by atomic mass is 32.2. The molecule has 2 nitrogen and oxygen atoms in total. The second kappa shape index (κ2) is 6.04. The van der Waals surface area contributed by atoms with E-state index in [0.29, 0.717) is 16.4 Å². The number of anilines is 2. The molecule has 3 N–H and O–H groups in total. The highest BCUT2D eigenvalue weighted by Crippen LogP contribution is 2.29. The first-order valence-corrected chi connectivity index (χ1v) is 7.25. The second-order valence-electron chi connectivity index (χ2n) is 3.85. The summed E-state index contributed by atoms with van der Waals surface area (Å²) in [7, 11) is 0. The normalized spacial score (nSPS) is 10.2. The van der Waals surface area contributed by atoms with Gasteiger partial charge < -0.3 is 11.1 Å². The van der Waals surface area contributed by atoms with Crippen LogP contribution in [0, 0.1) is 5.82 Å². The van der Waals surface area contributed by atoms with Gasteiger partial charge >= 0.3 is 0 Å². The summed E-state index contributed by atoms with van der Waals surface area (Å²) in [6.45, 7) is 0. The van der Waals surface area contributed by atoms with E-state index in [9.17, 15) is 4.39 Å². The maximum absolute atomic E-state index is 13.7. The fraction of sp³-hybridized carbons (Fsp3) is 0.0714. The summed E-state index contributed by atoms with van der Waals surface area (Å²) in [4.78, 5) is 1.26. The number of nitrogens with two attached hydrogens (primary N) is 1. The van der Waals surface area contributed by atoms with Gasteiger partial charge in [-0.2, -0.15) is 0 Å². The zero-order valence-electron chi connectivity index (χ0n) is 10.3. The first-order chi connectivity index (χ1) is 9.13. The number of hydrogen-bond donors (Lipinski definition) is 2. The van der Waals surface area contributed by atoms with E-state index in [1.807, 2.05) is 24.5 Å². The lowest BCUT2D eigenvalue weighted by Gasteiger charge is -2.14. The molecule has 0 aromatic heterocycles. The fourth-order valence-electron chi connectivity index (χ4n) is 1.77. The fourth-order valence-corrected chi connectivity index (χ4v) is 2.69. The summed E-state index contributed by atoms with van der Waals surface area (Å²) in [6, 6.07) is 12.1. The molecule has 5 heteroatoms. The van der Waals surface area contributed by atoms with Crippen molar-refractivity contribution in [2.75, 3.05) is 11.6 Å². The van der Waals surface area contributed by atoms with Crippen molar-refractivity contribution in [3.05, 3.63) is 53.8 Å². The summed E-state index contributed by atoms with van der Waals surface area (Å²) in [5, 5.41) is 3.04. The van der Waals surface area contributed by atoms with Crippen LogP contribution in [0.4, 0.5) is 15.8 Å². The van der Waals surface area contributed by atoms with Crippen molar-refractivity contribution in [1.29, 1.82) is 0 Å². The van der Waals surface area contributed by atoms with Crippen molar-refractivity contribution in [3.63, 3.8) is 0 Å². The molecular formula is C14H13FN2S2. The Hall–Kier alpha value is -1.59. The molecule has 0 aliphatic carbocycles. The predicted octanol–water partition coefficient (Wildman–Crippen LogP) is 3.93. The van der Waals surface area contributed by atoms with Crippen LogP contribution in [0.2, 0.25) is 0 Å². The van der Waals surface area contributed by atoms with Gasteiger partial charge in [-0.25, -0.2) is 4.39 Å². The van der Waals surface area contributed by atoms with E-state index >= 15 is 0 Å². The van der Waals surface area contributed by atoms with Crippen LogP contribution < -0.4 is 11.1 Å². The van der Waals surface area contributed by atoms with Crippen LogP contribution in [-0.4, -0.2) is 11.2 Å². The topological polar surface area (TPSA) is 38.0 Å². The van der Waals surface area contributed by atoms with Crippen LogP contribution in [0.3, 0.4) is 0 Å². The molecule has 0 bridgehead atoms. The van der Waals surface area contributed by atoms with Crippen LogP contribution in [0.15, 0.2) is 47.4 Å². The average Bonchev–Trinajstić information content (AvgIpc) is 2.40. The zero-order valence-corrected chi connectivity index (χ0v) is 11.9. The molecule has 0 unspecified atom stereocenters. The maximum Gasteiger partial charge on any atom is 0.146 e. The van der Waals surface area contributed by atoms with Crippen LogP contribution in [0.1, 0.15) is 5.56 Å². The Morgan fingerprint density at radius 3 is 2.47 bits per heavy atom. The average molecular weight is 292 g/mol. The number of halogens is 1. The Morgan fingerprint density at radius 1 is 1.16 bits per heavy atom. The number of rotatable bonds is 4. The molecule has 0 heterocycles. The van der Waals surface area contributed by atoms with Gasteiger partial charge in [0.25, 0.3) is 0 Å². The molecule has 2 rings (SSSR count). The van der Waals surface area contributed by atoms with E-state index in [1.165, 1.54) is 6.07 Å². The molecule has 98 valence electrons. The van der Waals surface area contributed by atoms with Crippen molar-refractivity contribution < 1.29 is 4.39 Å². The Bertz CT molecular complexity index is 614. The Morgan fingerprint density at radius 2 is 1.84 bits per heavy atom. The van der Waals surface area contributed by atoms with Gasteiger partial charge in [0.15, 0.2) is 0 Å². The van der Waals surface area contributed by atoms with Crippen molar-refractivity contribution >= 4 is 40.3 Å². The highest BCUT2D eigenvalue weighted by molar-refractivity contribution is 7.98. The van der Waals surface area contributed by atoms with Gasteiger partial charge in [0.1, 0.15) is 10.8 Å². The van der Waals surface area contributed by atoms with E-state index in [0.717, 1.165) is 10.5 Å². The minimum Gasteiger partial charge on any atom is -0.389 e. The third kappa shape index (κ3) is 3.05. The molecule has 0 aliphatic rings. The molecule has 2 aromatic rings. The summed E-state index contributed by atoms with van der Waals surface area (Å²) in [5.41, 5.74) is 7.62. The van der Waals surface area contributed by atoms with Gasteiger partial charge in [0.05, 0.1) is 5.69 Å². The smallest absolute Gasteiger partial charge is 0.146 e. The molecule has 0 amide bonds. The van der Waals surface area contributed by atoms with Gasteiger partial charge in [0, 0.05) is 16.1 Å². The van der Waals surface area contributed by atoms with Gasteiger partial charge in [-0.3, -0.25) is 0 Å². The Kier molecular flexibility index (Phi) is 4.39. The summed E-state index contributed by atoms with van der Waals surface area (Å²) < 4.78 is 13.7. The number of hydrogen-bond acceptors (Lipinski definition) is 3. The zero-order chi connectivity index (χ0) is 13.8. The van der Waals surface area contributed by atoms with E-state index in [1.54, 1.807) is 30.0 Å². The van der Waals surface area contributed by atoms with E-state index < -0.39 is 0 Å². The number of para-hydroxylation sites is 1. The first kappa shape index (κ1) is 13.8. The quantitative estimate of drug-likeness (QED) is 0.661. The molecule has 19 heavy (non-hydrogen) atoms. The molecule has 0 saturated heterocycles. The van der Waals surface area contributed by atoms with Gasteiger partial charge in [-0.1, -0.05) is 30.4 Å². The lowest BCUT2D eigenvalue weighted by Crippen LogP contribution is -2.13. The largest absolute Gasteiger partial charge is 0.389 e. The minimum atomic E-state index is -0.314. The molecule has 0 atom stereocenters. The monoisotopic (exact) mass is 292 g/mol. The van der Waals surface area contributed by atoms with Gasteiger partial charge in [-0.15, -0.1) is 11.8 Å². The number of benzene rings is 2. The number of thioether (sulfide) groups is 1. The molecule has 0 fully saturated rings. The van der Waals surface area contributed by atoms with Crippen LogP contribution in [0.5, 0.6) is 0 Å². The SMILES string of the molecule is CSc1cccc(Nc2ccccc2F)c1C(N)=S. The Labute approximate surface area is 121 Å². The van der Waals surface area contributed by atoms with Crippen molar-refractivity contribution in [2.24, 2.45) is 5.73 Å². The standard InChI is InChI=1S/C14H13FN2S2/c1-19-12-8-4-7-11(13(12)14(16)18)17-10-6-3-2-5-9(10)15/h2-8,17H,1H3,(H2,16,18). The third-order valence-electron chi connectivity index (χ3n) is 2.64. The van der Waals surface area contributed by atoms with Crippen molar-refractivity contribution in [2.45, 2.75) is 4.90 Å². The lowest BCUT2D eigenvalue weighted by molar-refractivity contribution is 0.632. The van der Waals surface area contributed by atoms with E-state index in [2.05, 4.69) is 5.32 Å². The van der Waals surface area contributed by atoms with Crippen molar-refractivity contribution in [1.82, 2.24) is 0 Å². The molecular weight excluding hydrogens is 279 g/mol. The van der Waals surface area contributed by atoms with Crippen LogP contribution >= 0.6 is 24.0 Å². The number of nitrogens with one attached hydrogen (secondary N) is 1. The molecule has 0 radical (unpaired) electrons. The van der Waals surface area contributed by atoms with Gasteiger partial charge in [-0.05, 0) is 30.5 Å². The van der Waals surface area contributed by atoms with Gasteiger partial charge in [0.2, 0.25) is 0 Å². The Balaban J connectivity index is 2.46. The highest BCUT2D eigenvalue weighted by Gasteiger charge is 2.11. The van der Waals surface area contributed by atoms with Crippen molar-refractivity contribution in [3.8, 4) is 0 Å². The number of thiocarbonyl (C=S) groups is 1. The van der Waals surface area contributed by atoms with E-state index in [4.69, 9.17) is 18.0 Å². The summed E-state index contributed by atoms with van der Waals surface area (Å²) in [5.74, 6) is -0.314. The molecule has 0 aliphatic heterocycles. The summed E-state index contributed by atoms with van der Waals surface area (Å²) >= 11 is 6.63.